The van der Waals surface area contributed by atoms with Crippen LogP contribution in [0.25, 0.3) is 0 Å². The Morgan fingerprint density at radius 3 is 2.51 bits per heavy atom. The summed E-state index contributed by atoms with van der Waals surface area (Å²) in [5.74, 6) is -0.438. The van der Waals surface area contributed by atoms with Crippen molar-refractivity contribution < 1.29 is 47.2 Å². The number of hydrogen-bond donors (Lipinski definition) is 5. The molecule has 15 nitrogen and oxygen atoms in total. The Bertz CT molecular complexity index is 1240. The van der Waals surface area contributed by atoms with Crippen LogP contribution in [0, 0.1) is 12.3 Å². The van der Waals surface area contributed by atoms with E-state index in [0.29, 0.717) is 12.1 Å². The van der Waals surface area contributed by atoms with Crippen molar-refractivity contribution in [1.29, 1.82) is 0 Å². The average molecular weight is 601 g/mol. The number of amides is 1. The molecule has 17 heteroatoms. The molecule has 0 saturated carbocycles. The molecule has 41 heavy (non-hydrogen) atoms. The molecule has 2 aliphatic heterocycles. The number of ether oxygens (including phenoxy) is 3. The third-order valence-electron chi connectivity index (χ3n) is 6.28. The quantitative estimate of drug-likeness (QED) is 0.121. The van der Waals surface area contributed by atoms with Gasteiger partial charge in [0.1, 0.15) is 31.0 Å². The van der Waals surface area contributed by atoms with Crippen LogP contribution in [0.3, 0.4) is 0 Å². The molecule has 3 rings (SSSR count). The highest BCUT2D eigenvalue weighted by Gasteiger charge is 2.58. The predicted octanol–water partition coefficient (Wildman–Crippen LogP) is -0.0499. The number of imidazole rings is 1. The second-order valence-electron chi connectivity index (χ2n) is 9.15. The molecule has 0 aromatic carbocycles. The van der Waals surface area contributed by atoms with Crippen LogP contribution in [0.4, 0.5) is 4.39 Å². The number of nitrogens with zero attached hydrogens (tertiary/aromatic N) is 2. The van der Waals surface area contributed by atoms with E-state index in [1.807, 2.05) is 5.92 Å². The molecule has 0 spiro atoms. The van der Waals surface area contributed by atoms with Crippen molar-refractivity contribution in [2.45, 2.75) is 57.2 Å². The number of rotatable bonds is 12. The maximum atomic E-state index is 16.2. The summed E-state index contributed by atoms with van der Waals surface area (Å²) in [7, 11) is -4.19. The van der Waals surface area contributed by atoms with Crippen molar-refractivity contribution in [2.75, 3.05) is 32.9 Å². The van der Waals surface area contributed by atoms with Gasteiger partial charge in [0.15, 0.2) is 6.23 Å². The SMILES string of the molecule is C#CC1(F)C(O)[C@@H](COP(=O)(NCC(=O)OCC)NCC(=O)OCC)O[C@H]1n1cnc2c1C(C)C/C=C(\N)NC2=O. The first-order chi connectivity index (χ1) is 19.4. The number of halogens is 1. The zero-order valence-corrected chi connectivity index (χ0v) is 23.7. The minimum atomic E-state index is -4.19. The Labute approximate surface area is 235 Å². The van der Waals surface area contributed by atoms with Crippen molar-refractivity contribution in [2.24, 2.45) is 5.73 Å². The standard InChI is InChI=1S/C24H34FN6O9P/c1-5-24(25)21(34)15(12-39-41(36,28-10-17(32)37-6-2)29-11-18(33)38-7-3)40-23(24)31-13-27-19-20(31)14(4)8-9-16(26)30-22(19)35/h1,9,13-15,21,23,34H,6-8,10-12,26H2,2-4H3,(H,30,35)(H2,28,29,36)/b16-9+/t14?,15-,21?,23-,24?/m1/s1. The first-order valence-electron chi connectivity index (χ1n) is 12.8. The zero-order chi connectivity index (χ0) is 30.4. The van der Waals surface area contributed by atoms with Crippen LogP contribution in [-0.4, -0.2) is 83.3 Å². The summed E-state index contributed by atoms with van der Waals surface area (Å²) in [5, 5.41) is 18.0. The number of alkyl halides is 1. The Morgan fingerprint density at radius 2 is 1.95 bits per heavy atom. The fraction of sp³-hybridized carbons (Fsp3) is 0.583. The maximum absolute atomic E-state index is 16.2. The fourth-order valence-corrected chi connectivity index (χ4v) is 5.60. The fourth-order valence-electron chi connectivity index (χ4n) is 4.27. The summed E-state index contributed by atoms with van der Waals surface area (Å²) in [4.78, 5) is 40.4. The van der Waals surface area contributed by atoms with Crippen LogP contribution in [-0.2, 0) is 32.9 Å². The van der Waals surface area contributed by atoms with E-state index in [4.69, 9.17) is 30.9 Å². The summed E-state index contributed by atoms with van der Waals surface area (Å²) in [5.41, 5.74) is 3.21. The number of aromatic nitrogens is 2. The van der Waals surface area contributed by atoms with Crippen molar-refractivity contribution >= 4 is 25.5 Å². The number of nitrogens with two attached hydrogens (primary N) is 1. The van der Waals surface area contributed by atoms with Crippen LogP contribution >= 0.6 is 7.67 Å². The molecule has 3 unspecified atom stereocenters. The number of hydrogen-bond acceptors (Lipinski definition) is 11. The van der Waals surface area contributed by atoms with Crippen LogP contribution in [0.1, 0.15) is 55.5 Å². The van der Waals surface area contributed by atoms with E-state index < -0.39 is 69.3 Å². The minimum Gasteiger partial charge on any atom is -0.465 e. The normalized spacial score (nSPS) is 27.4. The largest absolute Gasteiger partial charge is 0.465 e. The average Bonchev–Trinajstić information content (AvgIpc) is 3.47. The second kappa shape index (κ2) is 13.6. The van der Waals surface area contributed by atoms with Crippen molar-refractivity contribution in [3.05, 3.63) is 29.6 Å². The van der Waals surface area contributed by atoms with Gasteiger partial charge in [0.05, 0.1) is 37.7 Å². The lowest BCUT2D eigenvalue weighted by Gasteiger charge is -2.27. The van der Waals surface area contributed by atoms with Crippen molar-refractivity contribution in [1.82, 2.24) is 25.0 Å². The molecule has 1 amide bonds. The van der Waals surface area contributed by atoms with Gasteiger partial charge in [0.2, 0.25) is 5.67 Å². The van der Waals surface area contributed by atoms with Crippen LogP contribution < -0.4 is 21.2 Å². The number of esters is 2. The third-order valence-corrected chi connectivity index (χ3v) is 7.94. The Morgan fingerprint density at radius 1 is 1.34 bits per heavy atom. The first-order valence-corrected chi connectivity index (χ1v) is 14.4. The predicted molar refractivity (Wildman–Crippen MR) is 140 cm³/mol. The van der Waals surface area contributed by atoms with Crippen LogP contribution in [0.2, 0.25) is 0 Å². The van der Waals surface area contributed by atoms with E-state index in [1.165, 1.54) is 10.9 Å². The summed E-state index contributed by atoms with van der Waals surface area (Å²) >= 11 is 0. The van der Waals surface area contributed by atoms with Gasteiger partial charge in [-0.3, -0.25) is 18.9 Å². The van der Waals surface area contributed by atoms with Gasteiger partial charge in [-0.1, -0.05) is 12.8 Å². The van der Waals surface area contributed by atoms with Gasteiger partial charge >= 0.3 is 19.6 Å². The lowest BCUT2D eigenvalue weighted by molar-refractivity contribution is -0.142. The molecule has 1 fully saturated rings. The topological polar surface area (TPSA) is 205 Å². The van der Waals surface area contributed by atoms with Gasteiger partial charge < -0.3 is 39.5 Å². The molecule has 6 N–H and O–H groups in total. The molecule has 1 saturated heterocycles. The van der Waals surface area contributed by atoms with Gasteiger partial charge in [-0.05, 0) is 26.3 Å². The number of terminal acetylenes is 1. The highest BCUT2D eigenvalue weighted by Crippen LogP contribution is 2.45. The molecule has 0 radical (unpaired) electrons. The van der Waals surface area contributed by atoms with Gasteiger partial charge in [0, 0.05) is 5.92 Å². The summed E-state index contributed by atoms with van der Waals surface area (Å²) in [6.45, 7) is 3.25. The monoisotopic (exact) mass is 600 g/mol. The zero-order valence-electron chi connectivity index (χ0n) is 22.8. The van der Waals surface area contributed by atoms with Gasteiger partial charge in [-0.2, -0.15) is 0 Å². The molecular weight excluding hydrogens is 566 g/mol. The van der Waals surface area contributed by atoms with E-state index in [-0.39, 0.29) is 30.6 Å². The Hall–Kier alpha value is -3.32. The molecule has 3 heterocycles. The number of aliphatic hydroxyl groups is 1. The van der Waals surface area contributed by atoms with E-state index in [2.05, 4.69) is 20.5 Å². The number of carbonyl (C=O) groups is 3. The summed E-state index contributed by atoms with van der Waals surface area (Å²) in [6.07, 6.45) is 3.52. The molecule has 0 bridgehead atoms. The number of nitrogens with one attached hydrogen (secondary N) is 3. The van der Waals surface area contributed by atoms with Gasteiger partial charge in [-0.25, -0.2) is 19.5 Å². The third kappa shape index (κ3) is 7.31. The molecule has 1 aromatic rings. The summed E-state index contributed by atoms with van der Waals surface area (Å²) < 4.78 is 51.6. The summed E-state index contributed by atoms with van der Waals surface area (Å²) in [6, 6.07) is 0. The Kier molecular flexibility index (Phi) is 10.6. The highest BCUT2D eigenvalue weighted by atomic mass is 31.2. The maximum Gasteiger partial charge on any atom is 0.341 e. The number of carbonyl (C=O) groups excluding carboxylic acids is 3. The number of fused-ring (bicyclic) bond motifs is 1. The number of allylic oxidation sites excluding steroid dienone is 1. The molecule has 1 aromatic heterocycles. The number of aliphatic hydroxyl groups excluding tert-OH is 1. The van der Waals surface area contributed by atoms with Crippen LogP contribution in [0.5, 0.6) is 0 Å². The smallest absolute Gasteiger partial charge is 0.341 e. The van der Waals surface area contributed by atoms with Crippen molar-refractivity contribution in [3.63, 3.8) is 0 Å². The van der Waals surface area contributed by atoms with E-state index >= 15 is 4.39 Å². The minimum absolute atomic E-state index is 0.0263. The van der Waals surface area contributed by atoms with E-state index in [9.17, 15) is 24.1 Å². The van der Waals surface area contributed by atoms with Crippen LogP contribution in [0.15, 0.2) is 18.2 Å². The van der Waals surface area contributed by atoms with Gasteiger partial charge in [0.25, 0.3) is 5.91 Å². The Balaban J connectivity index is 1.84. The lowest BCUT2D eigenvalue weighted by atomic mass is 9.95. The molecule has 226 valence electrons. The second-order valence-corrected chi connectivity index (χ2v) is 11.1. The van der Waals surface area contributed by atoms with Crippen molar-refractivity contribution in [3.8, 4) is 12.3 Å². The highest BCUT2D eigenvalue weighted by molar-refractivity contribution is 7.54. The van der Waals surface area contributed by atoms with E-state index in [0.717, 1.165) is 0 Å². The molecular formula is C24H34FN6O9P. The van der Waals surface area contributed by atoms with E-state index in [1.54, 1.807) is 26.8 Å². The first kappa shape index (κ1) is 32.2. The molecule has 0 aliphatic carbocycles. The lowest BCUT2D eigenvalue weighted by Crippen LogP contribution is -2.43. The molecule has 2 aliphatic rings. The van der Waals surface area contributed by atoms with Gasteiger partial charge in [-0.15, -0.1) is 6.42 Å². The molecule has 5 atom stereocenters.